The Hall–Kier alpha value is -0.120. The van der Waals surface area contributed by atoms with Crippen molar-refractivity contribution in [2.24, 2.45) is 5.41 Å². The molecule has 1 saturated heterocycles. The number of aliphatic hydroxyl groups is 1. The van der Waals surface area contributed by atoms with Gasteiger partial charge in [-0.3, -0.25) is 4.90 Å². The highest BCUT2D eigenvalue weighted by Gasteiger charge is 2.39. The van der Waals surface area contributed by atoms with E-state index in [4.69, 9.17) is 4.74 Å². The number of rotatable bonds is 3. The van der Waals surface area contributed by atoms with E-state index in [0.29, 0.717) is 6.04 Å². The number of nitrogens with zero attached hydrogens (tertiary/aromatic N) is 1. The van der Waals surface area contributed by atoms with E-state index in [1.54, 1.807) is 7.11 Å². The average Bonchev–Trinajstić information content (AvgIpc) is 2.27. The molecule has 0 aromatic carbocycles. The summed E-state index contributed by atoms with van der Waals surface area (Å²) in [5.74, 6) is 0. The Bertz CT molecular complexity index is 170. The lowest BCUT2D eigenvalue weighted by atomic mass is 9.90. The molecule has 1 aliphatic heterocycles. The van der Waals surface area contributed by atoms with Crippen LogP contribution in [0.5, 0.6) is 0 Å². The van der Waals surface area contributed by atoms with E-state index in [2.05, 4.69) is 25.7 Å². The lowest BCUT2D eigenvalue weighted by Gasteiger charge is -2.25. The number of hydrogen-bond donors (Lipinski definition) is 1. The summed E-state index contributed by atoms with van der Waals surface area (Å²) >= 11 is 0. The average molecular weight is 187 g/mol. The number of hydrogen-bond acceptors (Lipinski definition) is 3. The fraction of sp³-hybridized carbons (Fsp3) is 1.00. The first kappa shape index (κ1) is 11.0. The molecule has 0 spiro atoms. The van der Waals surface area contributed by atoms with Crippen molar-refractivity contribution in [1.29, 1.82) is 0 Å². The number of aliphatic hydroxyl groups excluding tert-OH is 1. The van der Waals surface area contributed by atoms with Gasteiger partial charge in [-0.2, -0.15) is 0 Å². The maximum absolute atomic E-state index is 9.76. The molecule has 3 nitrogen and oxygen atoms in total. The van der Waals surface area contributed by atoms with Crippen LogP contribution in [0, 0.1) is 5.41 Å². The summed E-state index contributed by atoms with van der Waals surface area (Å²) in [4.78, 5) is 2.29. The Balaban J connectivity index is 2.48. The van der Waals surface area contributed by atoms with Gasteiger partial charge in [0.2, 0.25) is 0 Å². The number of ether oxygens (including phenoxy) is 1. The minimum Gasteiger partial charge on any atom is -0.391 e. The summed E-state index contributed by atoms with van der Waals surface area (Å²) in [5, 5.41) is 9.76. The molecule has 0 bridgehead atoms. The largest absolute Gasteiger partial charge is 0.391 e. The third-order valence-corrected chi connectivity index (χ3v) is 2.95. The van der Waals surface area contributed by atoms with Gasteiger partial charge in [-0.05, 0) is 6.92 Å². The van der Waals surface area contributed by atoms with Gasteiger partial charge in [-0.25, -0.2) is 0 Å². The Morgan fingerprint density at radius 1 is 1.62 bits per heavy atom. The Morgan fingerprint density at radius 3 is 2.62 bits per heavy atom. The topological polar surface area (TPSA) is 32.7 Å². The van der Waals surface area contributed by atoms with Crippen LogP contribution in [0.4, 0.5) is 0 Å². The van der Waals surface area contributed by atoms with Crippen molar-refractivity contribution in [2.45, 2.75) is 32.9 Å². The van der Waals surface area contributed by atoms with Crippen LogP contribution in [-0.2, 0) is 4.74 Å². The van der Waals surface area contributed by atoms with Gasteiger partial charge >= 0.3 is 0 Å². The van der Waals surface area contributed by atoms with Crippen molar-refractivity contribution >= 4 is 0 Å². The predicted octanol–water partition coefficient (Wildman–Crippen LogP) is 0.724. The van der Waals surface area contributed by atoms with E-state index in [9.17, 15) is 5.11 Å². The molecular formula is C10H21NO2. The second-order valence-corrected chi connectivity index (χ2v) is 4.74. The first-order valence-corrected chi connectivity index (χ1v) is 4.88. The Morgan fingerprint density at radius 2 is 2.23 bits per heavy atom. The SMILES string of the molecule is COCC(C)N1CC(O)C(C)(C)C1. The molecule has 1 aliphatic rings. The van der Waals surface area contributed by atoms with Crippen LogP contribution in [-0.4, -0.2) is 49.0 Å². The zero-order valence-electron chi connectivity index (χ0n) is 9.08. The lowest BCUT2D eigenvalue weighted by Crippen LogP contribution is -2.35. The van der Waals surface area contributed by atoms with Crippen LogP contribution in [0.2, 0.25) is 0 Å². The highest BCUT2D eigenvalue weighted by Crippen LogP contribution is 2.30. The normalized spacial score (nSPS) is 30.7. The van der Waals surface area contributed by atoms with Crippen molar-refractivity contribution in [3.8, 4) is 0 Å². The fourth-order valence-electron chi connectivity index (χ4n) is 1.85. The lowest BCUT2D eigenvalue weighted by molar-refractivity contribution is 0.0910. The number of likely N-dealkylation sites (tertiary alicyclic amines) is 1. The molecule has 0 radical (unpaired) electrons. The second-order valence-electron chi connectivity index (χ2n) is 4.74. The summed E-state index contributed by atoms with van der Waals surface area (Å²) in [6.45, 7) is 8.82. The quantitative estimate of drug-likeness (QED) is 0.707. The second kappa shape index (κ2) is 3.95. The molecule has 13 heavy (non-hydrogen) atoms. The van der Waals surface area contributed by atoms with Crippen LogP contribution >= 0.6 is 0 Å². The van der Waals surface area contributed by atoms with Crippen LogP contribution in [0.15, 0.2) is 0 Å². The third kappa shape index (κ3) is 2.42. The first-order chi connectivity index (χ1) is 5.97. The molecule has 0 aliphatic carbocycles. The van der Waals surface area contributed by atoms with E-state index in [1.165, 1.54) is 0 Å². The van der Waals surface area contributed by atoms with Crippen LogP contribution in [0.3, 0.4) is 0 Å². The molecule has 1 N–H and O–H groups in total. The first-order valence-electron chi connectivity index (χ1n) is 4.88. The zero-order valence-corrected chi connectivity index (χ0v) is 9.08. The monoisotopic (exact) mass is 187 g/mol. The smallest absolute Gasteiger partial charge is 0.0730 e. The van der Waals surface area contributed by atoms with Gasteiger partial charge in [0.15, 0.2) is 0 Å². The molecule has 1 heterocycles. The standard InChI is InChI=1S/C10H21NO2/c1-8(6-13-4)11-5-9(12)10(2,3)7-11/h8-9,12H,5-7H2,1-4H3. The minimum absolute atomic E-state index is 0.0298. The van der Waals surface area contributed by atoms with Crippen molar-refractivity contribution in [3.63, 3.8) is 0 Å². The van der Waals surface area contributed by atoms with Gasteiger partial charge in [0, 0.05) is 31.7 Å². The summed E-state index contributed by atoms with van der Waals surface area (Å²) in [5.41, 5.74) is 0.0298. The summed E-state index contributed by atoms with van der Waals surface area (Å²) in [6, 6.07) is 0.404. The van der Waals surface area contributed by atoms with Crippen molar-refractivity contribution in [2.75, 3.05) is 26.8 Å². The van der Waals surface area contributed by atoms with Gasteiger partial charge in [0.05, 0.1) is 12.7 Å². The van der Waals surface area contributed by atoms with Gasteiger partial charge in [-0.1, -0.05) is 13.8 Å². The molecule has 0 amide bonds. The van der Waals surface area contributed by atoms with E-state index in [0.717, 1.165) is 19.7 Å². The van der Waals surface area contributed by atoms with E-state index in [-0.39, 0.29) is 11.5 Å². The van der Waals surface area contributed by atoms with Gasteiger partial charge in [0.1, 0.15) is 0 Å². The minimum atomic E-state index is -0.202. The van der Waals surface area contributed by atoms with Crippen molar-refractivity contribution < 1.29 is 9.84 Å². The molecule has 0 aromatic heterocycles. The number of β-amino-alcohol motifs (C(OH)–C–C–N with tert-alkyl or cyclic N) is 1. The van der Waals surface area contributed by atoms with Crippen molar-refractivity contribution in [3.05, 3.63) is 0 Å². The molecule has 1 fully saturated rings. The Labute approximate surface area is 80.7 Å². The van der Waals surface area contributed by atoms with Gasteiger partial charge < -0.3 is 9.84 Å². The molecular weight excluding hydrogens is 166 g/mol. The number of methoxy groups -OCH3 is 1. The van der Waals surface area contributed by atoms with E-state index < -0.39 is 0 Å². The highest BCUT2D eigenvalue weighted by atomic mass is 16.5. The van der Waals surface area contributed by atoms with E-state index in [1.807, 2.05) is 0 Å². The molecule has 0 aromatic rings. The van der Waals surface area contributed by atoms with Crippen LogP contribution < -0.4 is 0 Å². The molecule has 3 heteroatoms. The maximum atomic E-state index is 9.76. The highest BCUT2D eigenvalue weighted by molar-refractivity contribution is 4.92. The van der Waals surface area contributed by atoms with E-state index >= 15 is 0 Å². The molecule has 1 rings (SSSR count). The summed E-state index contributed by atoms with van der Waals surface area (Å²) in [6.07, 6.45) is -0.202. The molecule has 2 unspecified atom stereocenters. The van der Waals surface area contributed by atoms with Crippen LogP contribution in [0.25, 0.3) is 0 Å². The fourth-order valence-corrected chi connectivity index (χ4v) is 1.85. The zero-order chi connectivity index (χ0) is 10.1. The third-order valence-electron chi connectivity index (χ3n) is 2.95. The van der Waals surface area contributed by atoms with Gasteiger partial charge in [-0.15, -0.1) is 0 Å². The predicted molar refractivity (Wildman–Crippen MR) is 52.7 cm³/mol. The van der Waals surface area contributed by atoms with Gasteiger partial charge in [0.25, 0.3) is 0 Å². The Kier molecular flexibility index (Phi) is 3.33. The molecule has 78 valence electrons. The summed E-state index contributed by atoms with van der Waals surface area (Å²) < 4.78 is 5.10. The summed E-state index contributed by atoms with van der Waals surface area (Å²) in [7, 11) is 1.72. The molecule has 0 saturated carbocycles. The van der Waals surface area contributed by atoms with Crippen LogP contribution in [0.1, 0.15) is 20.8 Å². The maximum Gasteiger partial charge on any atom is 0.0730 e. The molecule has 2 atom stereocenters. The van der Waals surface area contributed by atoms with Crippen molar-refractivity contribution in [1.82, 2.24) is 4.90 Å².